The summed E-state index contributed by atoms with van der Waals surface area (Å²) in [5.74, 6) is -0.451. The molecule has 9 heteroatoms. The monoisotopic (exact) mass is 257 g/mol. The van der Waals surface area contributed by atoms with Crippen LogP contribution in [-0.2, 0) is 0 Å². The number of hydrogen-bond acceptors (Lipinski definition) is 7. The zero-order valence-corrected chi connectivity index (χ0v) is 9.24. The van der Waals surface area contributed by atoms with Gasteiger partial charge in [-0.25, -0.2) is 0 Å². The normalized spacial score (nSPS) is 10.1. The fourth-order valence-corrected chi connectivity index (χ4v) is 1.28. The van der Waals surface area contributed by atoms with Crippen LogP contribution in [0.25, 0.3) is 0 Å². The van der Waals surface area contributed by atoms with Gasteiger partial charge in [0.15, 0.2) is 0 Å². The number of aliphatic hydroxyl groups is 1. The Morgan fingerprint density at radius 1 is 1.22 bits per heavy atom. The number of anilines is 1. The van der Waals surface area contributed by atoms with Crippen LogP contribution in [0.3, 0.4) is 0 Å². The summed E-state index contributed by atoms with van der Waals surface area (Å²) in [6.07, 6.45) is 0.207. The highest BCUT2D eigenvalue weighted by Gasteiger charge is 2.27. The van der Waals surface area contributed by atoms with Crippen molar-refractivity contribution in [2.45, 2.75) is 6.42 Å². The molecule has 0 spiro atoms. The molecular formula is C9H11N3O6. The number of nitro groups is 2. The number of ether oxygens (including phenoxy) is 1. The Kier molecular flexibility index (Phi) is 4.38. The van der Waals surface area contributed by atoms with Crippen molar-refractivity contribution in [2.75, 3.05) is 18.9 Å². The van der Waals surface area contributed by atoms with E-state index in [0.717, 1.165) is 12.1 Å². The Morgan fingerprint density at radius 3 is 2.11 bits per heavy atom. The van der Waals surface area contributed by atoms with E-state index in [-0.39, 0.29) is 25.3 Å². The highest BCUT2D eigenvalue weighted by molar-refractivity contribution is 5.67. The van der Waals surface area contributed by atoms with Gasteiger partial charge in [0, 0.05) is 30.8 Å². The van der Waals surface area contributed by atoms with Crippen LogP contribution in [0, 0.1) is 20.2 Å². The molecule has 18 heavy (non-hydrogen) atoms. The van der Waals surface area contributed by atoms with Gasteiger partial charge in [0.25, 0.3) is 5.75 Å². The molecule has 1 rings (SSSR count). The third-order valence-corrected chi connectivity index (χ3v) is 2.01. The molecule has 0 bridgehead atoms. The molecule has 0 aliphatic heterocycles. The minimum Gasteiger partial charge on any atom is -0.482 e. The van der Waals surface area contributed by atoms with Crippen molar-refractivity contribution in [3.8, 4) is 5.75 Å². The number of benzene rings is 1. The van der Waals surface area contributed by atoms with Gasteiger partial charge in [0.05, 0.1) is 16.5 Å². The van der Waals surface area contributed by atoms with Crippen molar-refractivity contribution in [1.29, 1.82) is 0 Å². The first kappa shape index (κ1) is 13.6. The molecule has 0 atom stereocenters. The third-order valence-electron chi connectivity index (χ3n) is 2.01. The maximum Gasteiger partial charge on any atom is 0.320 e. The Balaban J connectivity index is 3.23. The van der Waals surface area contributed by atoms with Crippen LogP contribution in [0.1, 0.15) is 6.42 Å². The minimum absolute atomic E-state index is 0.0674. The van der Waals surface area contributed by atoms with Gasteiger partial charge in [0.1, 0.15) is 0 Å². The van der Waals surface area contributed by atoms with Crippen LogP contribution in [0.2, 0.25) is 0 Å². The Bertz CT molecular complexity index is 440. The maximum atomic E-state index is 10.8. The van der Waals surface area contributed by atoms with Crippen molar-refractivity contribution >= 4 is 17.1 Å². The number of nitro benzene ring substituents is 2. The predicted octanol–water partition coefficient (Wildman–Crippen LogP) is 0.846. The Morgan fingerprint density at radius 2 is 1.72 bits per heavy atom. The largest absolute Gasteiger partial charge is 0.482 e. The highest BCUT2D eigenvalue weighted by Crippen LogP contribution is 2.38. The number of hydrogen-bond donors (Lipinski definition) is 2. The summed E-state index contributed by atoms with van der Waals surface area (Å²) >= 11 is 0. The zero-order chi connectivity index (χ0) is 13.7. The molecule has 0 aliphatic carbocycles. The topological polar surface area (TPSA) is 142 Å². The predicted molar refractivity (Wildman–Crippen MR) is 61.4 cm³/mol. The molecule has 0 saturated carbocycles. The van der Waals surface area contributed by atoms with E-state index >= 15 is 0 Å². The summed E-state index contributed by atoms with van der Waals surface area (Å²) in [6, 6.07) is 1.97. The maximum absolute atomic E-state index is 10.8. The average Bonchev–Trinajstić information content (AvgIpc) is 2.30. The first-order valence-electron chi connectivity index (χ1n) is 4.93. The number of nitrogens with zero attached hydrogens (tertiary/aromatic N) is 2. The van der Waals surface area contributed by atoms with Crippen molar-refractivity contribution in [3.63, 3.8) is 0 Å². The van der Waals surface area contributed by atoms with Gasteiger partial charge in [-0.05, 0) is 0 Å². The van der Waals surface area contributed by atoms with Gasteiger partial charge in [-0.3, -0.25) is 20.2 Å². The van der Waals surface area contributed by atoms with Crippen molar-refractivity contribution in [1.82, 2.24) is 0 Å². The van der Waals surface area contributed by atoms with E-state index in [1.54, 1.807) is 0 Å². The van der Waals surface area contributed by atoms with Gasteiger partial charge in [-0.1, -0.05) is 0 Å². The average molecular weight is 257 g/mol. The molecule has 0 radical (unpaired) electrons. The second-order valence-electron chi connectivity index (χ2n) is 3.33. The lowest BCUT2D eigenvalue weighted by molar-refractivity contribution is -0.395. The molecule has 0 fully saturated rings. The summed E-state index contributed by atoms with van der Waals surface area (Å²) in [5.41, 5.74) is 4.12. The SMILES string of the molecule is Nc1cc([N+](=O)[O-])c(OCCCO)c([N+](=O)[O-])c1. The van der Waals surface area contributed by atoms with Gasteiger partial charge < -0.3 is 15.6 Å². The summed E-state index contributed by atoms with van der Waals surface area (Å²) in [4.78, 5) is 19.9. The first-order chi connectivity index (χ1) is 8.47. The molecule has 0 unspecified atom stereocenters. The Hall–Kier alpha value is -2.42. The summed E-state index contributed by atoms with van der Waals surface area (Å²) < 4.78 is 4.99. The smallest absolute Gasteiger partial charge is 0.320 e. The molecule has 0 heterocycles. The lowest BCUT2D eigenvalue weighted by Crippen LogP contribution is -2.06. The number of nitrogens with two attached hydrogens (primary N) is 1. The number of rotatable bonds is 6. The number of aliphatic hydroxyl groups excluding tert-OH is 1. The van der Waals surface area contributed by atoms with Gasteiger partial charge in [0.2, 0.25) is 0 Å². The molecular weight excluding hydrogens is 246 g/mol. The molecule has 0 aliphatic rings. The van der Waals surface area contributed by atoms with Crippen LogP contribution in [0.5, 0.6) is 5.75 Å². The second-order valence-corrected chi connectivity index (χ2v) is 3.33. The van der Waals surface area contributed by atoms with Gasteiger partial charge in [-0.15, -0.1) is 0 Å². The molecule has 0 saturated heterocycles. The molecule has 9 nitrogen and oxygen atoms in total. The standard InChI is InChI=1S/C9H11N3O6/c10-6-4-7(11(14)15)9(18-3-1-2-13)8(5-6)12(16)17/h4-5,13H,1-3,10H2. The van der Waals surface area contributed by atoms with Crippen LogP contribution >= 0.6 is 0 Å². The van der Waals surface area contributed by atoms with Crippen LogP contribution in [0.15, 0.2) is 12.1 Å². The molecule has 1 aromatic carbocycles. The highest BCUT2D eigenvalue weighted by atomic mass is 16.6. The quantitative estimate of drug-likeness (QED) is 0.333. The third kappa shape index (κ3) is 3.04. The minimum atomic E-state index is -0.808. The molecule has 0 aromatic heterocycles. The van der Waals surface area contributed by atoms with E-state index in [2.05, 4.69) is 0 Å². The molecule has 0 amide bonds. The van der Waals surface area contributed by atoms with E-state index in [9.17, 15) is 20.2 Å². The van der Waals surface area contributed by atoms with Gasteiger partial charge in [-0.2, -0.15) is 0 Å². The van der Waals surface area contributed by atoms with E-state index in [1.807, 2.05) is 0 Å². The fourth-order valence-electron chi connectivity index (χ4n) is 1.28. The van der Waals surface area contributed by atoms with Crippen LogP contribution in [-0.4, -0.2) is 28.2 Å². The van der Waals surface area contributed by atoms with Gasteiger partial charge >= 0.3 is 11.4 Å². The van der Waals surface area contributed by atoms with Crippen LogP contribution in [0.4, 0.5) is 17.1 Å². The summed E-state index contributed by atoms with van der Waals surface area (Å²) in [7, 11) is 0. The molecule has 98 valence electrons. The van der Waals surface area contributed by atoms with Crippen molar-refractivity contribution < 1.29 is 19.7 Å². The van der Waals surface area contributed by atoms with Crippen LogP contribution < -0.4 is 10.5 Å². The molecule has 1 aromatic rings. The van der Waals surface area contributed by atoms with E-state index in [1.165, 1.54) is 0 Å². The second kappa shape index (κ2) is 5.77. The van der Waals surface area contributed by atoms with E-state index < -0.39 is 27.0 Å². The first-order valence-corrected chi connectivity index (χ1v) is 4.93. The molecule has 3 N–H and O–H groups in total. The zero-order valence-electron chi connectivity index (χ0n) is 9.24. The fraction of sp³-hybridized carbons (Fsp3) is 0.333. The lowest BCUT2D eigenvalue weighted by Gasteiger charge is -2.07. The Labute approximate surface area is 101 Å². The lowest BCUT2D eigenvalue weighted by atomic mass is 10.2. The number of nitrogen functional groups attached to an aromatic ring is 1. The summed E-state index contributed by atoms with van der Waals surface area (Å²) in [5, 5.41) is 30.1. The summed E-state index contributed by atoms with van der Waals surface area (Å²) in [6.45, 7) is -0.251. The van der Waals surface area contributed by atoms with Crippen molar-refractivity contribution in [3.05, 3.63) is 32.4 Å². The van der Waals surface area contributed by atoms with E-state index in [0.29, 0.717) is 0 Å². The van der Waals surface area contributed by atoms with Crippen molar-refractivity contribution in [2.24, 2.45) is 0 Å². The van der Waals surface area contributed by atoms with E-state index in [4.69, 9.17) is 15.6 Å².